The zero-order valence-electron chi connectivity index (χ0n) is 10.6. The van der Waals surface area contributed by atoms with Gasteiger partial charge in [-0.3, -0.25) is 0 Å². The Kier molecular flexibility index (Phi) is 6.61. The van der Waals surface area contributed by atoms with Crippen LogP contribution in [0.25, 0.3) is 0 Å². The van der Waals surface area contributed by atoms with Gasteiger partial charge in [-0.2, -0.15) is 10.3 Å². The molecule has 0 aromatic carbocycles. The van der Waals surface area contributed by atoms with Gasteiger partial charge in [0.1, 0.15) is 0 Å². The molecule has 4 nitrogen and oxygen atoms in total. The Morgan fingerprint density at radius 1 is 1.06 bits per heavy atom. The topological polar surface area (TPSA) is 44.8 Å². The summed E-state index contributed by atoms with van der Waals surface area (Å²) < 4.78 is 0. The van der Waals surface area contributed by atoms with E-state index in [2.05, 4.69) is 34.2 Å². The first-order chi connectivity index (χ1) is 7.88. The number of nitrogens with one attached hydrogen (secondary N) is 1. The lowest BCUT2D eigenvalue weighted by Crippen LogP contribution is -2.26. The highest BCUT2D eigenvalue weighted by atomic mass is 15.4. The molecule has 1 rings (SSSR count). The summed E-state index contributed by atoms with van der Waals surface area (Å²) in [5.41, 5.74) is 0. The van der Waals surface area contributed by atoms with E-state index in [4.69, 9.17) is 0 Å². The van der Waals surface area contributed by atoms with Crippen LogP contribution in [0.1, 0.15) is 52.4 Å². The molecule has 1 aromatic heterocycles. The van der Waals surface area contributed by atoms with Crippen LogP contribution in [0, 0.1) is 0 Å². The lowest BCUT2D eigenvalue weighted by atomic mass is 10.2. The Labute approximate surface area is 98.4 Å². The molecule has 0 amide bonds. The van der Waals surface area contributed by atoms with Gasteiger partial charge in [-0.15, -0.1) is 5.10 Å². The minimum Gasteiger partial charge on any atom is -0.354 e. The molecule has 1 N–H and O–H groups in total. The summed E-state index contributed by atoms with van der Waals surface area (Å²) in [6.07, 6.45) is 9.43. The van der Waals surface area contributed by atoms with E-state index in [1.54, 1.807) is 0 Å². The fourth-order valence-electron chi connectivity index (χ4n) is 1.79. The maximum Gasteiger partial charge on any atom is 0.170 e. The molecule has 0 bridgehead atoms. The molecule has 1 heterocycles. The number of nitrogens with zero attached hydrogens (tertiary/aromatic N) is 3. The highest BCUT2D eigenvalue weighted by Gasteiger charge is 2.07. The number of H-pyrrole nitrogens is 1. The smallest absolute Gasteiger partial charge is 0.170 e. The van der Waals surface area contributed by atoms with Gasteiger partial charge in [0.05, 0.1) is 6.20 Å². The van der Waals surface area contributed by atoms with E-state index < -0.39 is 0 Å². The van der Waals surface area contributed by atoms with Crippen LogP contribution < -0.4 is 4.90 Å². The molecular weight excluding hydrogens is 200 g/mol. The van der Waals surface area contributed by atoms with Crippen LogP contribution in [0.15, 0.2) is 6.20 Å². The van der Waals surface area contributed by atoms with E-state index in [-0.39, 0.29) is 0 Å². The van der Waals surface area contributed by atoms with Crippen LogP contribution in [0.2, 0.25) is 0 Å². The second-order valence-electron chi connectivity index (χ2n) is 4.23. The van der Waals surface area contributed by atoms with Crippen molar-refractivity contribution in [1.82, 2.24) is 15.4 Å². The van der Waals surface area contributed by atoms with Crippen LogP contribution in [0.3, 0.4) is 0 Å². The van der Waals surface area contributed by atoms with E-state index in [1.165, 1.54) is 38.5 Å². The molecule has 1 aromatic rings. The molecule has 0 unspecified atom stereocenters. The molecule has 0 aliphatic rings. The van der Waals surface area contributed by atoms with Crippen LogP contribution in [-0.2, 0) is 0 Å². The van der Waals surface area contributed by atoms with E-state index in [0.29, 0.717) is 0 Å². The summed E-state index contributed by atoms with van der Waals surface area (Å²) in [5, 5.41) is 10.7. The van der Waals surface area contributed by atoms with Crippen molar-refractivity contribution < 1.29 is 0 Å². The molecule has 0 atom stereocenters. The number of aromatic nitrogens is 3. The average Bonchev–Trinajstić information content (AvgIpc) is 2.81. The molecule has 92 valence electrons. The monoisotopic (exact) mass is 224 g/mol. The summed E-state index contributed by atoms with van der Waals surface area (Å²) in [4.78, 5) is 2.34. The Balaban J connectivity index is 2.36. The predicted molar refractivity (Wildman–Crippen MR) is 67.6 cm³/mol. The molecule has 0 aliphatic heterocycles. The SMILES string of the molecule is CCCCCN(CCCCC)c1cn[nH]n1. The summed E-state index contributed by atoms with van der Waals surface area (Å²) >= 11 is 0. The molecule has 4 heteroatoms. The summed E-state index contributed by atoms with van der Waals surface area (Å²) in [6, 6.07) is 0. The van der Waals surface area contributed by atoms with Crippen molar-refractivity contribution in [2.75, 3.05) is 18.0 Å². The lowest BCUT2D eigenvalue weighted by Gasteiger charge is -2.21. The average molecular weight is 224 g/mol. The first kappa shape index (κ1) is 13.0. The molecule has 16 heavy (non-hydrogen) atoms. The Bertz CT molecular complexity index is 236. The van der Waals surface area contributed by atoms with Gasteiger partial charge in [0.25, 0.3) is 0 Å². The number of hydrogen-bond acceptors (Lipinski definition) is 3. The fourth-order valence-corrected chi connectivity index (χ4v) is 1.79. The third-order valence-corrected chi connectivity index (χ3v) is 2.79. The highest BCUT2D eigenvalue weighted by Crippen LogP contribution is 2.11. The summed E-state index contributed by atoms with van der Waals surface area (Å²) in [7, 11) is 0. The van der Waals surface area contributed by atoms with Gasteiger partial charge in [0.15, 0.2) is 5.82 Å². The first-order valence-electron chi connectivity index (χ1n) is 6.49. The van der Waals surface area contributed by atoms with Gasteiger partial charge < -0.3 is 4.90 Å². The molecule has 0 spiro atoms. The van der Waals surface area contributed by atoms with Gasteiger partial charge in [-0.25, -0.2) is 0 Å². The van der Waals surface area contributed by atoms with Crippen molar-refractivity contribution in [3.05, 3.63) is 6.20 Å². The molecular formula is C12H24N4. The molecule has 0 fully saturated rings. The van der Waals surface area contributed by atoms with Gasteiger partial charge in [0.2, 0.25) is 0 Å². The van der Waals surface area contributed by atoms with Gasteiger partial charge in [-0.05, 0) is 12.8 Å². The minimum atomic E-state index is 0.993. The Morgan fingerprint density at radius 3 is 2.12 bits per heavy atom. The van der Waals surface area contributed by atoms with E-state index in [9.17, 15) is 0 Å². The standard InChI is InChI=1S/C12H24N4/c1-3-5-7-9-16(10-8-6-4-2)12-11-13-15-14-12/h11H,3-10H2,1-2H3,(H,13,14,15). The molecule has 0 aliphatic carbocycles. The summed E-state index contributed by atoms with van der Waals surface area (Å²) in [5.74, 6) is 0.993. The number of aromatic amines is 1. The van der Waals surface area contributed by atoms with Gasteiger partial charge in [0, 0.05) is 13.1 Å². The number of rotatable bonds is 9. The second-order valence-corrected chi connectivity index (χ2v) is 4.23. The lowest BCUT2D eigenvalue weighted by molar-refractivity contribution is 0.631. The highest BCUT2D eigenvalue weighted by molar-refractivity contribution is 5.33. The normalized spacial score (nSPS) is 10.6. The van der Waals surface area contributed by atoms with Gasteiger partial charge in [-0.1, -0.05) is 39.5 Å². The zero-order valence-corrected chi connectivity index (χ0v) is 10.6. The Morgan fingerprint density at radius 2 is 1.69 bits per heavy atom. The van der Waals surface area contributed by atoms with Crippen LogP contribution in [-0.4, -0.2) is 28.5 Å². The summed E-state index contributed by atoms with van der Waals surface area (Å²) in [6.45, 7) is 6.67. The third-order valence-electron chi connectivity index (χ3n) is 2.79. The number of unbranched alkanes of at least 4 members (excludes halogenated alkanes) is 4. The van der Waals surface area contributed by atoms with Crippen molar-refractivity contribution >= 4 is 5.82 Å². The first-order valence-corrected chi connectivity index (χ1v) is 6.49. The predicted octanol–water partition coefficient (Wildman–Crippen LogP) is 2.99. The Hall–Kier alpha value is -1.06. The minimum absolute atomic E-state index is 0.993. The van der Waals surface area contributed by atoms with E-state index in [1.807, 2.05) is 6.20 Å². The van der Waals surface area contributed by atoms with E-state index >= 15 is 0 Å². The van der Waals surface area contributed by atoms with E-state index in [0.717, 1.165) is 18.9 Å². The van der Waals surface area contributed by atoms with Crippen LogP contribution in [0.4, 0.5) is 5.82 Å². The number of anilines is 1. The third kappa shape index (κ3) is 4.64. The van der Waals surface area contributed by atoms with Crippen LogP contribution in [0.5, 0.6) is 0 Å². The largest absolute Gasteiger partial charge is 0.354 e. The molecule has 0 saturated heterocycles. The maximum atomic E-state index is 4.16. The van der Waals surface area contributed by atoms with Crippen molar-refractivity contribution in [3.63, 3.8) is 0 Å². The maximum absolute atomic E-state index is 4.16. The van der Waals surface area contributed by atoms with Crippen molar-refractivity contribution in [2.24, 2.45) is 0 Å². The quantitative estimate of drug-likeness (QED) is 0.656. The van der Waals surface area contributed by atoms with Gasteiger partial charge >= 0.3 is 0 Å². The molecule has 0 saturated carbocycles. The number of hydrogen-bond donors (Lipinski definition) is 1. The van der Waals surface area contributed by atoms with Crippen molar-refractivity contribution in [1.29, 1.82) is 0 Å². The second kappa shape index (κ2) is 8.13. The fraction of sp³-hybridized carbons (Fsp3) is 0.833. The zero-order chi connectivity index (χ0) is 11.6. The van der Waals surface area contributed by atoms with Crippen molar-refractivity contribution in [2.45, 2.75) is 52.4 Å². The molecule has 0 radical (unpaired) electrons. The van der Waals surface area contributed by atoms with Crippen LogP contribution >= 0.6 is 0 Å². The van der Waals surface area contributed by atoms with Crippen molar-refractivity contribution in [3.8, 4) is 0 Å².